The number of nitrogens with zero attached hydrogens (tertiary/aromatic N) is 2. The largest absolute Gasteiger partial charge is 0.197 e. The zero-order chi connectivity index (χ0) is 9.14. The van der Waals surface area contributed by atoms with Crippen molar-refractivity contribution in [1.29, 1.82) is 10.5 Å². The van der Waals surface area contributed by atoms with Crippen LogP contribution in [-0.4, -0.2) is 0 Å². The quantitative estimate of drug-likeness (QED) is 0.553. The van der Waals surface area contributed by atoms with E-state index < -0.39 is 5.92 Å². The van der Waals surface area contributed by atoms with Crippen LogP contribution in [0, 0.1) is 34.5 Å². The maximum Gasteiger partial charge on any atom is 0.139 e. The first-order valence-corrected chi connectivity index (χ1v) is 4.16. The Hall–Kier alpha value is -1.28. The van der Waals surface area contributed by atoms with Crippen LogP contribution in [0.15, 0.2) is 11.1 Å². The molecule has 0 bridgehead atoms. The van der Waals surface area contributed by atoms with E-state index in [2.05, 4.69) is 6.92 Å². The van der Waals surface area contributed by atoms with Gasteiger partial charge in [0.1, 0.15) is 5.92 Å². The van der Waals surface area contributed by atoms with E-state index in [0.29, 0.717) is 0 Å². The van der Waals surface area contributed by atoms with E-state index in [0.717, 1.165) is 12.8 Å². The molecule has 1 atom stereocenters. The number of rotatable bonds is 1. The molecule has 0 spiro atoms. The van der Waals surface area contributed by atoms with Gasteiger partial charge in [0.2, 0.25) is 0 Å². The maximum absolute atomic E-state index is 8.70. The summed E-state index contributed by atoms with van der Waals surface area (Å²) in [7, 11) is 0. The van der Waals surface area contributed by atoms with Crippen LogP contribution in [0.25, 0.3) is 0 Å². The second-order valence-electron chi connectivity index (χ2n) is 3.34. The first kappa shape index (κ1) is 8.81. The molecular formula is C10H12N2. The molecule has 0 aromatic heterocycles. The number of hydrogen-bond acceptors (Lipinski definition) is 2. The molecule has 0 saturated heterocycles. The van der Waals surface area contributed by atoms with Crippen LogP contribution in [0.3, 0.4) is 0 Å². The molecule has 0 saturated carbocycles. The van der Waals surface area contributed by atoms with Gasteiger partial charge in [-0.3, -0.25) is 0 Å². The monoisotopic (exact) mass is 160 g/mol. The molecule has 12 heavy (non-hydrogen) atoms. The van der Waals surface area contributed by atoms with E-state index in [1.54, 1.807) is 0 Å². The fourth-order valence-electron chi connectivity index (χ4n) is 1.73. The van der Waals surface area contributed by atoms with Crippen molar-refractivity contribution in [2.45, 2.75) is 26.7 Å². The molecule has 0 heterocycles. The topological polar surface area (TPSA) is 47.6 Å². The molecule has 1 rings (SSSR count). The van der Waals surface area contributed by atoms with Crippen LogP contribution in [0.1, 0.15) is 26.7 Å². The summed E-state index contributed by atoms with van der Waals surface area (Å²) in [5, 5.41) is 17.4. The van der Waals surface area contributed by atoms with E-state index in [1.165, 1.54) is 11.1 Å². The van der Waals surface area contributed by atoms with Crippen molar-refractivity contribution < 1.29 is 0 Å². The Morgan fingerprint density at radius 3 is 2.25 bits per heavy atom. The van der Waals surface area contributed by atoms with Gasteiger partial charge in [0.15, 0.2) is 0 Å². The van der Waals surface area contributed by atoms with Gasteiger partial charge in [-0.1, -0.05) is 11.1 Å². The molecule has 1 aliphatic rings. The van der Waals surface area contributed by atoms with Crippen LogP contribution in [-0.2, 0) is 0 Å². The summed E-state index contributed by atoms with van der Waals surface area (Å²) in [6.45, 7) is 4.12. The van der Waals surface area contributed by atoms with E-state index in [9.17, 15) is 0 Å². The fourth-order valence-corrected chi connectivity index (χ4v) is 1.73. The molecule has 0 fully saturated rings. The highest BCUT2D eigenvalue weighted by atomic mass is 14.4. The van der Waals surface area contributed by atoms with E-state index in [-0.39, 0.29) is 5.92 Å². The first-order valence-electron chi connectivity index (χ1n) is 4.16. The molecule has 0 amide bonds. The summed E-state index contributed by atoms with van der Waals surface area (Å²) in [6, 6.07) is 4.10. The SMILES string of the molecule is CC1=C(C)C(C(C#N)C#N)CC1. The van der Waals surface area contributed by atoms with Crippen molar-refractivity contribution in [2.24, 2.45) is 11.8 Å². The molecule has 0 aromatic carbocycles. The second-order valence-corrected chi connectivity index (χ2v) is 3.34. The normalized spacial score (nSPS) is 22.6. The van der Waals surface area contributed by atoms with Crippen LogP contribution in [0.5, 0.6) is 0 Å². The fraction of sp³-hybridized carbons (Fsp3) is 0.600. The lowest BCUT2D eigenvalue weighted by Gasteiger charge is -2.10. The third-order valence-corrected chi connectivity index (χ3v) is 2.74. The Bertz CT molecular complexity index is 274. The minimum atomic E-state index is -0.442. The number of hydrogen-bond donors (Lipinski definition) is 0. The molecule has 1 unspecified atom stereocenters. The van der Waals surface area contributed by atoms with Gasteiger partial charge in [-0.05, 0) is 26.7 Å². The van der Waals surface area contributed by atoms with Crippen molar-refractivity contribution in [2.75, 3.05) is 0 Å². The van der Waals surface area contributed by atoms with Crippen molar-refractivity contribution in [1.82, 2.24) is 0 Å². The molecular weight excluding hydrogens is 148 g/mol. The Labute approximate surface area is 73.1 Å². The number of allylic oxidation sites excluding steroid dienone is 2. The predicted octanol–water partition coefficient (Wildman–Crippen LogP) is 2.40. The van der Waals surface area contributed by atoms with Gasteiger partial charge in [0, 0.05) is 5.92 Å². The summed E-state index contributed by atoms with van der Waals surface area (Å²) in [5.41, 5.74) is 2.61. The summed E-state index contributed by atoms with van der Waals surface area (Å²) in [6.07, 6.45) is 2.03. The minimum absolute atomic E-state index is 0.194. The highest BCUT2D eigenvalue weighted by Gasteiger charge is 2.27. The lowest BCUT2D eigenvalue weighted by Crippen LogP contribution is -2.09. The van der Waals surface area contributed by atoms with E-state index in [1.807, 2.05) is 19.1 Å². The zero-order valence-corrected chi connectivity index (χ0v) is 7.46. The van der Waals surface area contributed by atoms with Crippen LogP contribution < -0.4 is 0 Å². The lowest BCUT2D eigenvalue weighted by atomic mass is 9.89. The van der Waals surface area contributed by atoms with Crippen LogP contribution >= 0.6 is 0 Å². The zero-order valence-electron chi connectivity index (χ0n) is 7.46. The van der Waals surface area contributed by atoms with Gasteiger partial charge in [-0.2, -0.15) is 10.5 Å². The number of nitriles is 2. The molecule has 0 aromatic rings. The Balaban J connectivity index is 2.82. The van der Waals surface area contributed by atoms with Crippen LogP contribution in [0.2, 0.25) is 0 Å². The molecule has 2 nitrogen and oxygen atoms in total. The Kier molecular flexibility index (Phi) is 2.51. The molecule has 1 aliphatic carbocycles. The Morgan fingerprint density at radius 1 is 1.33 bits per heavy atom. The van der Waals surface area contributed by atoms with Gasteiger partial charge in [0.25, 0.3) is 0 Å². The van der Waals surface area contributed by atoms with Crippen molar-refractivity contribution in [3.8, 4) is 12.1 Å². The third-order valence-electron chi connectivity index (χ3n) is 2.74. The summed E-state index contributed by atoms with van der Waals surface area (Å²) in [4.78, 5) is 0. The Morgan fingerprint density at radius 2 is 1.92 bits per heavy atom. The second kappa shape index (κ2) is 3.41. The summed E-state index contributed by atoms with van der Waals surface area (Å²) >= 11 is 0. The van der Waals surface area contributed by atoms with Crippen LogP contribution in [0.4, 0.5) is 0 Å². The first-order chi connectivity index (χ1) is 5.70. The third kappa shape index (κ3) is 1.34. The van der Waals surface area contributed by atoms with Gasteiger partial charge >= 0.3 is 0 Å². The smallest absolute Gasteiger partial charge is 0.139 e. The standard InChI is InChI=1S/C10H12N2/c1-7-3-4-10(8(7)2)9(5-11)6-12/h9-10H,3-4H2,1-2H3. The highest BCUT2D eigenvalue weighted by Crippen LogP contribution is 2.35. The summed E-state index contributed by atoms with van der Waals surface area (Å²) in [5.74, 6) is -0.248. The average molecular weight is 160 g/mol. The molecule has 2 heteroatoms. The van der Waals surface area contributed by atoms with Gasteiger partial charge in [-0.15, -0.1) is 0 Å². The predicted molar refractivity (Wildman–Crippen MR) is 45.8 cm³/mol. The van der Waals surface area contributed by atoms with E-state index in [4.69, 9.17) is 10.5 Å². The average Bonchev–Trinajstić information content (AvgIpc) is 2.38. The van der Waals surface area contributed by atoms with Crippen molar-refractivity contribution >= 4 is 0 Å². The maximum atomic E-state index is 8.70. The van der Waals surface area contributed by atoms with Gasteiger partial charge in [-0.25, -0.2) is 0 Å². The molecule has 0 radical (unpaired) electrons. The molecule has 0 aliphatic heterocycles. The van der Waals surface area contributed by atoms with Gasteiger partial charge < -0.3 is 0 Å². The van der Waals surface area contributed by atoms with Gasteiger partial charge in [0.05, 0.1) is 12.1 Å². The molecule has 62 valence electrons. The lowest BCUT2D eigenvalue weighted by molar-refractivity contribution is 0.538. The summed E-state index contributed by atoms with van der Waals surface area (Å²) < 4.78 is 0. The highest BCUT2D eigenvalue weighted by molar-refractivity contribution is 5.24. The van der Waals surface area contributed by atoms with Crippen molar-refractivity contribution in [3.63, 3.8) is 0 Å². The van der Waals surface area contributed by atoms with Crippen molar-refractivity contribution in [3.05, 3.63) is 11.1 Å². The molecule has 0 N–H and O–H groups in total. The minimum Gasteiger partial charge on any atom is -0.197 e. The van der Waals surface area contributed by atoms with E-state index >= 15 is 0 Å².